The fourth-order valence-corrected chi connectivity index (χ4v) is 15.1. The van der Waals surface area contributed by atoms with Crippen molar-refractivity contribution in [2.45, 2.75) is 131 Å². The van der Waals surface area contributed by atoms with Gasteiger partial charge in [0.05, 0.1) is 41.7 Å². The molecule has 14 atom stereocenters. The molecule has 1 aliphatic heterocycles. The Hall–Kier alpha value is -3.26. The van der Waals surface area contributed by atoms with Gasteiger partial charge in [-0.05, 0) is 100 Å². The number of aliphatic hydroxyl groups is 5. The van der Waals surface area contributed by atoms with Crippen LogP contribution in [0.3, 0.4) is 0 Å². The number of carbonyl (C=O) groups excluding carboxylic acids is 3. The van der Waals surface area contributed by atoms with E-state index in [1.165, 1.54) is 24.4 Å². The van der Waals surface area contributed by atoms with Crippen molar-refractivity contribution in [2.24, 2.45) is 29.6 Å². The van der Waals surface area contributed by atoms with Crippen molar-refractivity contribution < 1.29 is 95.8 Å². The Kier molecular flexibility index (Phi) is 17.1. The molecule has 2 unspecified atom stereocenters. The van der Waals surface area contributed by atoms with Gasteiger partial charge in [-0.3, -0.25) is 28.5 Å². The number of aliphatic hydroxyl groups excluding tert-OH is 2. The number of aromatic amines is 1. The van der Waals surface area contributed by atoms with E-state index in [1.54, 1.807) is 0 Å². The fraction of sp³-hybridized carbons (Fsp3) is 0.738. The van der Waals surface area contributed by atoms with Crippen LogP contribution in [-0.4, -0.2) is 140 Å². The molecule has 6 aliphatic rings. The zero-order chi connectivity index (χ0) is 51.7. The van der Waals surface area contributed by atoms with Crippen LogP contribution < -0.4 is 21.9 Å². The molecule has 26 nitrogen and oxygen atoms in total. The molecule has 5 aliphatic carbocycles. The molecule has 1 aromatic rings. The first kappa shape index (κ1) is 55.5. The van der Waals surface area contributed by atoms with Crippen LogP contribution in [0.5, 0.6) is 0 Å². The highest BCUT2D eigenvalue weighted by molar-refractivity contribution is 7.66. The standard InChI is InChI=1S/C42H63N4O22P3/c47-33-18-28(15-26(33)22-66-70(60,61)68-71(62,63)67-69(57,58)59)46-20-24(38(52)45-39(46)53)5-4-14-43-35(49)6-2-1-3-13-44-36(50)23-64-29-9-11-40(54)27(17-29)7-8-31-32(40)19-34(48)42(56)30(10-12-41(31,42)55)25-16-37(51)65-21-25/h4-5,16,20,26-34,47-48,54-56H,1-3,6-15,17-19,21-23H2,(H,43,49)(H,44,50)(H,60,61)(H,62,63)(H,45,52,53)(H2,57,58,59)/b5-4+/t26-,27-,28-,29+,30-,31-,32+,33+,34-,40-,41+,42-/m1/s1. The van der Waals surface area contributed by atoms with Crippen LogP contribution in [0.4, 0.5) is 0 Å². The molecule has 5 fully saturated rings. The molecule has 5 saturated carbocycles. The van der Waals surface area contributed by atoms with Gasteiger partial charge in [0.2, 0.25) is 11.8 Å². The maximum Gasteiger partial charge on any atom is 0.490 e. The largest absolute Gasteiger partial charge is 0.490 e. The highest BCUT2D eigenvalue weighted by atomic mass is 31.3. The minimum Gasteiger partial charge on any atom is -0.458 e. The van der Waals surface area contributed by atoms with Gasteiger partial charge in [0.15, 0.2) is 0 Å². The van der Waals surface area contributed by atoms with Crippen LogP contribution in [0.1, 0.15) is 101 Å². The van der Waals surface area contributed by atoms with Crippen molar-refractivity contribution in [1.82, 2.24) is 20.2 Å². The summed E-state index contributed by atoms with van der Waals surface area (Å²) in [5.74, 6) is -3.74. The molecule has 12 N–H and O–H groups in total. The van der Waals surface area contributed by atoms with E-state index in [4.69, 9.17) is 19.3 Å². The van der Waals surface area contributed by atoms with E-state index in [0.717, 1.165) is 4.57 Å². The number of unbranched alkanes of at least 4 members (excludes halogenated alkanes) is 2. The molecule has 0 spiro atoms. The van der Waals surface area contributed by atoms with E-state index in [-0.39, 0.29) is 81.3 Å². The summed E-state index contributed by atoms with van der Waals surface area (Å²) in [6.45, 7) is -0.507. The molecule has 1 aromatic heterocycles. The summed E-state index contributed by atoms with van der Waals surface area (Å²) in [4.78, 5) is 101. The molecule has 0 radical (unpaired) electrons. The van der Waals surface area contributed by atoms with E-state index < -0.39 is 106 Å². The molecule has 29 heteroatoms. The molecule has 2 amide bonds. The Morgan fingerprint density at radius 1 is 0.873 bits per heavy atom. The highest BCUT2D eigenvalue weighted by Crippen LogP contribution is 2.67. The SMILES string of the molecule is O=C(CCCCCNC(=O)CO[C@H]1CC[C@@]2(O)[C@H](CC[C@@H]3[C@@H]2C[C@@H](O)[C@]2(O)[C@@H](C4=CC(=O)OC4)CC[C@]32O)C1)NC/C=C/c1cn([C@@H]2C[C@H](COP(=O)(O)OP(=O)(O)OP(=O)(O)O)[C@@H](O)C2)c(=O)[nH]c1=O. The Balaban J connectivity index is 0.767. The van der Waals surface area contributed by atoms with Crippen molar-refractivity contribution in [3.63, 3.8) is 0 Å². The van der Waals surface area contributed by atoms with Crippen LogP contribution in [0, 0.1) is 29.6 Å². The van der Waals surface area contributed by atoms with Gasteiger partial charge in [0, 0.05) is 49.7 Å². The summed E-state index contributed by atoms with van der Waals surface area (Å²) < 4.78 is 58.7. The van der Waals surface area contributed by atoms with Gasteiger partial charge in [-0.15, -0.1) is 0 Å². The van der Waals surface area contributed by atoms with E-state index in [9.17, 15) is 73.0 Å². The average Bonchev–Trinajstić information content (AvgIpc) is 3.95. The minimum absolute atomic E-state index is 0.0135. The number of H-pyrrole nitrogens is 1. The lowest BCUT2D eigenvalue weighted by Crippen LogP contribution is -2.73. The zero-order valence-corrected chi connectivity index (χ0v) is 41.2. The lowest BCUT2D eigenvalue weighted by Gasteiger charge is -2.63. The summed E-state index contributed by atoms with van der Waals surface area (Å²) in [6, 6.07) is -0.749. The second kappa shape index (κ2) is 21.9. The van der Waals surface area contributed by atoms with Crippen LogP contribution in [0.25, 0.3) is 6.08 Å². The lowest BCUT2D eigenvalue weighted by atomic mass is 9.48. The quantitative estimate of drug-likeness (QED) is 0.0440. The normalized spacial score (nSPS) is 35.4. The predicted molar refractivity (Wildman–Crippen MR) is 243 cm³/mol. The summed E-state index contributed by atoms with van der Waals surface area (Å²) in [5, 5.41) is 63.8. The number of cyclic esters (lactones) is 1. The van der Waals surface area contributed by atoms with Crippen molar-refractivity contribution >= 4 is 47.3 Å². The number of amides is 2. The summed E-state index contributed by atoms with van der Waals surface area (Å²) in [7, 11) is -16.8. The number of esters is 1. The number of hydrogen-bond acceptors (Lipinski definition) is 18. The first-order valence-electron chi connectivity index (χ1n) is 23.6. The van der Waals surface area contributed by atoms with Gasteiger partial charge in [-0.1, -0.05) is 18.6 Å². The minimum atomic E-state index is -5.75. The van der Waals surface area contributed by atoms with E-state index >= 15 is 0 Å². The Morgan fingerprint density at radius 3 is 2.35 bits per heavy atom. The molecule has 0 bridgehead atoms. The monoisotopic (exact) mass is 1070 g/mol. The van der Waals surface area contributed by atoms with Crippen molar-refractivity contribution in [2.75, 3.05) is 32.9 Å². The van der Waals surface area contributed by atoms with Gasteiger partial charge in [0.25, 0.3) is 5.56 Å². The zero-order valence-electron chi connectivity index (χ0n) is 38.6. The average molecular weight is 1070 g/mol. The number of phosphoric ester groups is 1. The fourth-order valence-electron chi connectivity index (χ4n) is 12.1. The maximum absolute atomic E-state index is 12.7. The van der Waals surface area contributed by atoms with E-state index in [2.05, 4.69) is 28.8 Å². The Morgan fingerprint density at radius 2 is 1.63 bits per heavy atom. The summed E-state index contributed by atoms with van der Waals surface area (Å²) in [5.41, 5.74) is -5.66. The number of nitrogens with one attached hydrogen (secondary N) is 3. The highest BCUT2D eigenvalue weighted by Gasteiger charge is 2.73. The van der Waals surface area contributed by atoms with Crippen molar-refractivity contribution in [3.05, 3.63) is 50.3 Å². The molecule has 0 aromatic carbocycles. The third-order valence-electron chi connectivity index (χ3n) is 15.3. The predicted octanol–water partition coefficient (Wildman–Crippen LogP) is 0.0605. The molecule has 398 valence electrons. The Bertz CT molecular complexity index is 2500. The van der Waals surface area contributed by atoms with Crippen molar-refractivity contribution in [1.29, 1.82) is 0 Å². The van der Waals surface area contributed by atoms with Gasteiger partial charge in [0.1, 0.15) is 18.8 Å². The summed E-state index contributed by atoms with van der Waals surface area (Å²) in [6.07, 6.45) is 7.59. The van der Waals surface area contributed by atoms with Crippen LogP contribution >= 0.6 is 23.5 Å². The second-order valence-electron chi connectivity index (χ2n) is 19.6. The van der Waals surface area contributed by atoms with Gasteiger partial charge >= 0.3 is 35.1 Å². The smallest absolute Gasteiger partial charge is 0.458 e. The number of phosphoric acid groups is 3. The number of hydrogen-bond donors (Lipinski definition) is 12. The van der Waals surface area contributed by atoms with Crippen LogP contribution in [0.2, 0.25) is 0 Å². The molecular formula is C42H63N4O22P3. The molecular weight excluding hydrogens is 1010 g/mol. The third kappa shape index (κ3) is 12.6. The molecule has 71 heavy (non-hydrogen) atoms. The number of nitrogens with zero attached hydrogens (tertiary/aromatic N) is 1. The van der Waals surface area contributed by atoms with Gasteiger partial charge in [-0.25, -0.2) is 23.3 Å². The topological polar surface area (TPSA) is 410 Å². The van der Waals surface area contributed by atoms with E-state index in [0.29, 0.717) is 69.9 Å². The number of aromatic nitrogens is 2. The first-order valence-corrected chi connectivity index (χ1v) is 28.1. The molecule has 2 heterocycles. The van der Waals surface area contributed by atoms with Crippen molar-refractivity contribution in [3.8, 4) is 0 Å². The number of rotatable bonds is 21. The van der Waals surface area contributed by atoms with Gasteiger partial charge < -0.3 is 65.2 Å². The maximum atomic E-state index is 12.7. The molecule has 7 rings (SSSR count). The van der Waals surface area contributed by atoms with Gasteiger partial charge in [-0.2, -0.15) is 8.62 Å². The third-order valence-corrected chi connectivity index (χ3v) is 19.1. The number of carbonyl (C=O) groups is 3. The Labute approximate surface area is 406 Å². The molecule has 0 saturated heterocycles. The second-order valence-corrected chi connectivity index (χ2v) is 24.0. The van der Waals surface area contributed by atoms with Crippen LogP contribution in [-0.2, 0) is 50.7 Å². The van der Waals surface area contributed by atoms with Crippen LogP contribution in [0.15, 0.2) is 33.5 Å². The van der Waals surface area contributed by atoms with E-state index in [1.807, 2.05) is 0 Å². The first-order chi connectivity index (χ1) is 33.2. The number of ether oxygens (including phenoxy) is 2. The number of fused-ring (bicyclic) bond motifs is 5. The lowest BCUT2D eigenvalue weighted by molar-refractivity contribution is -0.293. The summed E-state index contributed by atoms with van der Waals surface area (Å²) >= 11 is 0.